The fourth-order valence-corrected chi connectivity index (χ4v) is 4.60. The molecule has 12 heteroatoms. The van der Waals surface area contributed by atoms with Gasteiger partial charge in [-0.15, -0.1) is 0 Å². The molecule has 0 unspecified atom stereocenters. The number of nitrogens with one attached hydrogen (secondary N) is 4. The second kappa shape index (κ2) is 16.6. The summed E-state index contributed by atoms with van der Waals surface area (Å²) in [7, 11) is 1.26. The average molecular weight is 607 g/mol. The maximum absolute atomic E-state index is 13.3. The molecule has 226 valence electrons. The molecular weight excluding hydrogens is 572 g/mol. The van der Waals surface area contributed by atoms with Crippen molar-refractivity contribution in [1.29, 1.82) is 0 Å². The van der Waals surface area contributed by atoms with Crippen molar-refractivity contribution in [3.63, 3.8) is 0 Å². The number of carboxylic acid groups (broad SMARTS) is 1. The van der Waals surface area contributed by atoms with Crippen molar-refractivity contribution < 1.29 is 33.8 Å². The fourth-order valence-electron chi connectivity index (χ4n) is 4.12. The summed E-state index contributed by atoms with van der Waals surface area (Å²) >= 11 is 1.51. The summed E-state index contributed by atoms with van der Waals surface area (Å²) in [4.78, 5) is 61.7. The zero-order valence-corrected chi connectivity index (χ0v) is 24.6. The van der Waals surface area contributed by atoms with Crippen molar-refractivity contribution in [3.8, 4) is 0 Å². The van der Waals surface area contributed by atoms with Crippen LogP contribution in [0.25, 0.3) is 0 Å². The van der Waals surface area contributed by atoms with Gasteiger partial charge in [-0.3, -0.25) is 14.4 Å². The Labute approximate surface area is 253 Å². The van der Waals surface area contributed by atoms with Gasteiger partial charge in [0, 0.05) is 11.4 Å². The van der Waals surface area contributed by atoms with Crippen molar-refractivity contribution >= 4 is 52.9 Å². The lowest BCUT2D eigenvalue weighted by molar-refractivity contribution is -0.138. The summed E-state index contributed by atoms with van der Waals surface area (Å²) in [6.07, 6.45) is 1.81. The Morgan fingerprint density at radius 2 is 1.47 bits per heavy atom. The maximum Gasteiger partial charge on any atom is 0.337 e. The van der Waals surface area contributed by atoms with Gasteiger partial charge in [0.15, 0.2) is 0 Å². The summed E-state index contributed by atoms with van der Waals surface area (Å²) < 4.78 is 4.69. The topological polar surface area (TPSA) is 163 Å². The molecule has 0 aliphatic heterocycles. The molecule has 0 bridgehead atoms. The Balaban J connectivity index is 1.61. The number of methoxy groups -OCH3 is 1. The van der Waals surface area contributed by atoms with E-state index in [2.05, 4.69) is 21.3 Å². The number of hydrogen-bond acceptors (Lipinski definition) is 7. The molecule has 0 heterocycles. The first-order valence-corrected chi connectivity index (χ1v) is 14.8. The van der Waals surface area contributed by atoms with E-state index in [1.165, 1.54) is 31.0 Å². The van der Waals surface area contributed by atoms with Crippen molar-refractivity contribution in [3.05, 3.63) is 95.6 Å². The van der Waals surface area contributed by atoms with Crippen molar-refractivity contribution in [1.82, 2.24) is 10.6 Å². The third kappa shape index (κ3) is 10.8. The number of esters is 1. The number of hydrogen-bond donors (Lipinski definition) is 5. The highest BCUT2D eigenvalue weighted by Crippen LogP contribution is 2.19. The van der Waals surface area contributed by atoms with Gasteiger partial charge in [-0.05, 0) is 66.0 Å². The first-order valence-electron chi connectivity index (χ1n) is 13.4. The van der Waals surface area contributed by atoms with E-state index in [0.29, 0.717) is 34.7 Å². The average Bonchev–Trinajstić information content (AvgIpc) is 2.99. The number of carboxylic acids is 1. The molecule has 0 aliphatic carbocycles. The number of para-hydroxylation sites is 1. The Bertz CT molecular complexity index is 1400. The zero-order valence-electron chi connectivity index (χ0n) is 23.8. The van der Waals surface area contributed by atoms with E-state index in [1.807, 2.05) is 24.5 Å². The molecule has 5 N–H and O–H groups in total. The lowest BCUT2D eigenvalue weighted by Crippen LogP contribution is -2.48. The van der Waals surface area contributed by atoms with Gasteiger partial charge in [0.1, 0.15) is 6.04 Å². The number of amides is 4. The molecule has 0 radical (unpaired) electrons. The van der Waals surface area contributed by atoms with E-state index in [1.54, 1.807) is 48.5 Å². The monoisotopic (exact) mass is 606 g/mol. The van der Waals surface area contributed by atoms with Gasteiger partial charge < -0.3 is 31.1 Å². The largest absolute Gasteiger partial charge is 0.481 e. The summed E-state index contributed by atoms with van der Waals surface area (Å²) in [6.45, 7) is 0. The van der Waals surface area contributed by atoms with Crippen LogP contribution in [0, 0.1) is 0 Å². The number of aliphatic carboxylic acids is 1. The number of anilines is 2. The van der Waals surface area contributed by atoms with Crippen LogP contribution in [-0.2, 0) is 25.5 Å². The second-order valence-corrected chi connectivity index (χ2v) is 10.5. The molecule has 0 aliphatic rings. The Kier molecular flexibility index (Phi) is 12.6. The summed E-state index contributed by atoms with van der Waals surface area (Å²) in [5.41, 5.74) is 2.64. The molecule has 0 aromatic heterocycles. The number of rotatable bonds is 14. The maximum atomic E-state index is 13.3. The van der Waals surface area contributed by atoms with Crippen molar-refractivity contribution in [2.75, 3.05) is 29.8 Å². The van der Waals surface area contributed by atoms with Crippen LogP contribution in [0.1, 0.15) is 40.4 Å². The summed E-state index contributed by atoms with van der Waals surface area (Å²) in [5, 5.41) is 20.4. The van der Waals surface area contributed by atoms with Crippen LogP contribution in [0.3, 0.4) is 0 Å². The molecule has 4 amide bonds. The first-order chi connectivity index (χ1) is 20.7. The SMILES string of the molecule is COC(=O)c1ccc([C@H](CC(=O)O)NC(=O)[C@H](CCSC)NC(=O)Cc2ccc(NC(=O)Nc3ccccc3)cc2)cc1. The highest BCUT2D eigenvalue weighted by Gasteiger charge is 2.25. The van der Waals surface area contributed by atoms with Gasteiger partial charge in [-0.1, -0.05) is 42.5 Å². The van der Waals surface area contributed by atoms with E-state index >= 15 is 0 Å². The van der Waals surface area contributed by atoms with Crippen LogP contribution in [0.4, 0.5) is 16.2 Å². The van der Waals surface area contributed by atoms with Crippen LogP contribution in [0.5, 0.6) is 0 Å². The second-order valence-electron chi connectivity index (χ2n) is 9.49. The highest BCUT2D eigenvalue weighted by atomic mass is 32.2. The van der Waals surface area contributed by atoms with Crippen LogP contribution < -0.4 is 21.3 Å². The van der Waals surface area contributed by atoms with Gasteiger partial charge in [0.25, 0.3) is 0 Å². The van der Waals surface area contributed by atoms with E-state index in [-0.39, 0.29) is 17.9 Å². The Morgan fingerprint density at radius 1 is 0.837 bits per heavy atom. The lowest BCUT2D eigenvalue weighted by Gasteiger charge is -2.23. The van der Waals surface area contributed by atoms with Crippen LogP contribution in [0.2, 0.25) is 0 Å². The number of urea groups is 1. The minimum absolute atomic E-state index is 0.00686. The van der Waals surface area contributed by atoms with Gasteiger partial charge in [0.2, 0.25) is 11.8 Å². The standard InChI is InChI=1S/C31H34N4O7S/c1-42-30(40)22-12-10-21(11-13-22)26(19-28(37)38)35-29(39)25(16-17-43-2)34-27(36)18-20-8-14-24(15-9-20)33-31(41)32-23-6-4-3-5-7-23/h3-15,25-26H,16-19H2,1-2H3,(H,34,36)(H,35,39)(H,37,38)(H2,32,33,41)/t25-,26-/m0/s1. The van der Waals surface area contributed by atoms with Gasteiger partial charge in [-0.2, -0.15) is 11.8 Å². The van der Waals surface area contributed by atoms with Gasteiger partial charge >= 0.3 is 18.0 Å². The smallest absolute Gasteiger partial charge is 0.337 e. The van der Waals surface area contributed by atoms with E-state index in [0.717, 1.165) is 0 Å². The quantitative estimate of drug-likeness (QED) is 0.170. The van der Waals surface area contributed by atoms with E-state index in [4.69, 9.17) is 4.74 Å². The molecule has 2 atom stereocenters. The number of ether oxygens (including phenoxy) is 1. The third-order valence-electron chi connectivity index (χ3n) is 6.30. The van der Waals surface area contributed by atoms with E-state index < -0.39 is 42.4 Å². The Morgan fingerprint density at radius 3 is 2.05 bits per heavy atom. The van der Waals surface area contributed by atoms with Gasteiger partial charge in [0.05, 0.1) is 31.6 Å². The molecule has 0 saturated heterocycles. The molecule has 3 aromatic rings. The Hall–Kier alpha value is -4.84. The summed E-state index contributed by atoms with van der Waals surface area (Å²) in [5.74, 6) is -1.98. The molecule has 0 saturated carbocycles. The molecule has 3 rings (SSSR count). The third-order valence-corrected chi connectivity index (χ3v) is 6.94. The molecule has 43 heavy (non-hydrogen) atoms. The number of thioether (sulfide) groups is 1. The summed E-state index contributed by atoms with van der Waals surface area (Å²) in [6, 6.07) is 19.7. The normalized spacial score (nSPS) is 11.9. The number of carbonyl (C=O) groups is 5. The number of benzene rings is 3. The van der Waals surface area contributed by atoms with Crippen LogP contribution in [0.15, 0.2) is 78.9 Å². The molecule has 11 nitrogen and oxygen atoms in total. The fraction of sp³-hybridized carbons (Fsp3) is 0.258. The lowest BCUT2D eigenvalue weighted by atomic mass is 10.0. The minimum atomic E-state index is -1.12. The zero-order chi connectivity index (χ0) is 31.2. The molecule has 0 spiro atoms. The molecule has 3 aromatic carbocycles. The predicted molar refractivity (Wildman–Crippen MR) is 165 cm³/mol. The van der Waals surface area contributed by atoms with Crippen LogP contribution >= 0.6 is 11.8 Å². The molecular formula is C31H34N4O7S. The highest BCUT2D eigenvalue weighted by molar-refractivity contribution is 7.98. The van der Waals surface area contributed by atoms with Crippen molar-refractivity contribution in [2.45, 2.75) is 31.3 Å². The minimum Gasteiger partial charge on any atom is -0.481 e. The van der Waals surface area contributed by atoms with Crippen LogP contribution in [-0.4, -0.2) is 60.1 Å². The number of carbonyl (C=O) groups excluding carboxylic acids is 4. The predicted octanol–water partition coefficient (Wildman–Crippen LogP) is 4.23. The van der Waals surface area contributed by atoms with E-state index in [9.17, 15) is 29.1 Å². The molecule has 0 fully saturated rings. The van der Waals surface area contributed by atoms with Gasteiger partial charge in [-0.25, -0.2) is 9.59 Å². The van der Waals surface area contributed by atoms with Crippen molar-refractivity contribution in [2.24, 2.45) is 0 Å². The first kappa shape index (κ1) is 32.7.